The van der Waals surface area contributed by atoms with Gasteiger partial charge in [0.05, 0.1) is 6.54 Å². The lowest BCUT2D eigenvalue weighted by Crippen LogP contribution is -2.41. The normalized spacial score (nSPS) is 21.2. The molecule has 1 spiro atoms. The van der Waals surface area contributed by atoms with Crippen LogP contribution in [0.15, 0.2) is 40.8 Å². The molecule has 1 saturated heterocycles. The van der Waals surface area contributed by atoms with Crippen LogP contribution < -0.4 is 5.32 Å². The number of benzene rings is 1. The molecule has 1 aromatic heterocycles. The van der Waals surface area contributed by atoms with Gasteiger partial charge < -0.3 is 9.73 Å². The third-order valence-corrected chi connectivity index (χ3v) is 6.48. The zero-order valence-corrected chi connectivity index (χ0v) is 17.3. The number of rotatable bonds is 5. The number of carbonyl (C=O) groups excluding carboxylic acids is 1. The standard InChI is InChI=1S/C24H32N2O2/c1-17(2)25-23(27)14-19-15-24(22-7-5-4-6-21(19)22)10-12-26(13-11-24)16-20-9-8-18(3)28-20/h4-9,17,19H,10-16H2,1-3H3,(H,25,27). The average molecular weight is 381 g/mol. The third kappa shape index (κ3) is 3.88. The first-order chi connectivity index (χ1) is 13.4. The summed E-state index contributed by atoms with van der Waals surface area (Å²) in [6, 6.07) is 13.2. The van der Waals surface area contributed by atoms with Gasteiger partial charge in [-0.15, -0.1) is 0 Å². The second kappa shape index (κ2) is 7.75. The van der Waals surface area contributed by atoms with Crippen LogP contribution >= 0.6 is 0 Å². The van der Waals surface area contributed by atoms with Gasteiger partial charge in [-0.1, -0.05) is 24.3 Å². The number of nitrogens with one attached hydrogen (secondary N) is 1. The number of aryl methyl sites for hydroxylation is 1. The van der Waals surface area contributed by atoms with E-state index in [0.29, 0.717) is 12.3 Å². The quantitative estimate of drug-likeness (QED) is 0.829. The molecule has 1 aromatic carbocycles. The van der Waals surface area contributed by atoms with Crippen LogP contribution in [0.5, 0.6) is 0 Å². The molecule has 1 amide bonds. The maximum atomic E-state index is 12.4. The number of hydrogen-bond acceptors (Lipinski definition) is 3. The highest BCUT2D eigenvalue weighted by molar-refractivity contribution is 5.77. The molecule has 1 atom stereocenters. The summed E-state index contributed by atoms with van der Waals surface area (Å²) >= 11 is 0. The van der Waals surface area contributed by atoms with Crippen LogP contribution in [0.3, 0.4) is 0 Å². The molecular weight excluding hydrogens is 348 g/mol. The topological polar surface area (TPSA) is 45.5 Å². The Balaban J connectivity index is 1.45. The van der Waals surface area contributed by atoms with Crippen molar-refractivity contribution in [1.29, 1.82) is 0 Å². The Morgan fingerprint density at radius 1 is 1.21 bits per heavy atom. The number of hydrogen-bond donors (Lipinski definition) is 1. The summed E-state index contributed by atoms with van der Waals surface area (Å²) < 4.78 is 5.77. The number of likely N-dealkylation sites (tertiary alicyclic amines) is 1. The molecule has 1 aliphatic carbocycles. The van der Waals surface area contributed by atoms with E-state index < -0.39 is 0 Å². The van der Waals surface area contributed by atoms with E-state index in [2.05, 4.69) is 40.5 Å². The van der Waals surface area contributed by atoms with Crippen molar-refractivity contribution in [3.8, 4) is 0 Å². The lowest BCUT2D eigenvalue weighted by Gasteiger charge is -2.40. The van der Waals surface area contributed by atoms with E-state index in [4.69, 9.17) is 4.42 Å². The number of carbonyl (C=O) groups is 1. The van der Waals surface area contributed by atoms with Crippen molar-refractivity contribution >= 4 is 5.91 Å². The number of piperidine rings is 1. The van der Waals surface area contributed by atoms with Crippen LogP contribution in [0.1, 0.15) is 68.1 Å². The van der Waals surface area contributed by atoms with Crippen LogP contribution in [0.25, 0.3) is 0 Å². The van der Waals surface area contributed by atoms with Gasteiger partial charge in [-0.2, -0.15) is 0 Å². The summed E-state index contributed by atoms with van der Waals surface area (Å²) in [4.78, 5) is 14.9. The van der Waals surface area contributed by atoms with Gasteiger partial charge in [-0.05, 0) is 87.7 Å². The molecule has 2 aromatic rings. The fourth-order valence-corrected chi connectivity index (χ4v) is 5.22. The Bertz CT molecular complexity index is 831. The van der Waals surface area contributed by atoms with Gasteiger partial charge in [-0.25, -0.2) is 0 Å². The highest BCUT2D eigenvalue weighted by Crippen LogP contribution is 2.52. The first-order valence-corrected chi connectivity index (χ1v) is 10.6. The minimum Gasteiger partial charge on any atom is -0.465 e. The lowest BCUT2D eigenvalue weighted by molar-refractivity contribution is -0.122. The van der Waals surface area contributed by atoms with E-state index >= 15 is 0 Å². The van der Waals surface area contributed by atoms with Gasteiger partial charge >= 0.3 is 0 Å². The Morgan fingerprint density at radius 2 is 1.96 bits per heavy atom. The molecule has 2 heterocycles. The van der Waals surface area contributed by atoms with Crippen molar-refractivity contribution in [3.05, 3.63) is 59.0 Å². The molecule has 4 nitrogen and oxygen atoms in total. The average Bonchev–Trinajstić information content (AvgIpc) is 3.19. The van der Waals surface area contributed by atoms with Crippen molar-refractivity contribution in [2.45, 2.75) is 70.4 Å². The molecular formula is C24H32N2O2. The van der Waals surface area contributed by atoms with Crippen molar-refractivity contribution < 1.29 is 9.21 Å². The van der Waals surface area contributed by atoms with Gasteiger partial charge in [0, 0.05) is 12.5 Å². The largest absolute Gasteiger partial charge is 0.465 e. The smallest absolute Gasteiger partial charge is 0.220 e. The molecule has 28 heavy (non-hydrogen) atoms. The molecule has 4 rings (SSSR count). The van der Waals surface area contributed by atoms with E-state index in [1.807, 2.05) is 26.8 Å². The highest BCUT2D eigenvalue weighted by Gasteiger charge is 2.45. The number of amides is 1. The summed E-state index contributed by atoms with van der Waals surface area (Å²) in [5.41, 5.74) is 3.12. The fourth-order valence-electron chi connectivity index (χ4n) is 5.22. The Morgan fingerprint density at radius 3 is 2.64 bits per heavy atom. The van der Waals surface area contributed by atoms with E-state index in [0.717, 1.165) is 50.4 Å². The Labute approximate surface area is 168 Å². The minimum atomic E-state index is 0.178. The van der Waals surface area contributed by atoms with E-state index in [1.165, 1.54) is 11.1 Å². The Kier molecular flexibility index (Phi) is 5.33. The number of nitrogens with zero attached hydrogens (tertiary/aromatic N) is 1. The van der Waals surface area contributed by atoms with Gasteiger partial charge in [-0.3, -0.25) is 9.69 Å². The Hall–Kier alpha value is -2.07. The molecule has 4 heteroatoms. The number of fused-ring (bicyclic) bond motifs is 2. The molecule has 0 saturated carbocycles. The van der Waals surface area contributed by atoms with Crippen molar-refractivity contribution in [2.75, 3.05) is 13.1 Å². The third-order valence-electron chi connectivity index (χ3n) is 6.48. The second-order valence-corrected chi connectivity index (χ2v) is 8.98. The zero-order valence-electron chi connectivity index (χ0n) is 17.3. The van der Waals surface area contributed by atoms with Gasteiger partial charge in [0.2, 0.25) is 5.91 Å². The molecule has 2 aliphatic rings. The predicted molar refractivity (Wildman–Crippen MR) is 111 cm³/mol. The summed E-state index contributed by atoms with van der Waals surface area (Å²) in [6.07, 6.45) is 4.02. The lowest BCUT2D eigenvalue weighted by atomic mass is 9.73. The first-order valence-electron chi connectivity index (χ1n) is 10.6. The van der Waals surface area contributed by atoms with Crippen LogP contribution in [-0.4, -0.2) is 29.9 Å². The molecule has 1 unspecified atom stereocenters. The van der Waals surface area contributed by atoms with Crippen LogP contribution in [0.4, 0.5) is 0 Å². The van der Waals surface area contributed by atoms with Crippen LogP contribution in [0, 0.1) is 6.92 Å². The van der Waals surface area contributed by atoms with Gasteiger partial charge in [0.25, 0.3) is 0 Å². The summed E-state index contributed by atoms with van der Waals surface area (Å²) in [6.45, 7) is 9.11. The molecule has 0 bridgehead atoms. The molecule has 1 aliphatic heterocycles. The van der Waals surface area contributed by atoms with Gasteiger partial charge in [0.15, 0.2) is 0 Å². The minimum absolute atomic E-state index is 0.178. The number of furan rings is 1. The van der Waals surface area contributed by atoms with Crippen molar-refractivity contribution in [1.82, 2.24) is 10.2 Å². The summed E-state index contributed by atoms with van der Waals surface area (Å²) in [7, 11) is 0. The predicted octanol–water partition coefficient (Wildman–Crippen LogP) is 4.52. The van der Waals surface area contributed by atoms with Crippen LogP contribution in [-0.2, 0) is 16.8 Å². The highest BCUT2D eigenvalue weighted by atomic mass is 16.3. The molecule has 0 radical (unpaired) electrons. The summed E-state index contributed by atoms with van der Waals surface area (Å²) in [5, 5.41) is 3.07. The van der Waals surface area contributed by atoms with Gasteiger partial charge in [0.1, 0.15) is 11.5 Å². The fraction of sp³-hybridized carbons (Fsp3) is 0.542. The van der Waals surface area contributed by atoms with E-state index in [1.54, 1.807) is 0 Å². The molecule has 1 N–H and O–H groups in total. The second-order valence-electron chi connectivity index (χ2n) is 8.98. The van der Waals surface area contributed by atoms with Crippen LogP contribution in [0.2, 0.25) is 0 Å². The first kappa shape index (κ1) is 19.3. The zero-order chi connectivity index (χ0) is 19.7. The monoisotopic (exact) mass is 380 g/mol. The maximum absolute atomic E-state index is 12.4. The SMILES string of the molecule is Cc1ccc(CN2CCC3(CC2)CC(CC(=O)NC(C)C)c2ccccc23)o1. The molecule has 1 fully saturated rings. The van der Waals surface area contributed by atoms with E-state index in [9.17, 15) is 4.79 Å². The van der Waals surface area contributed by atoms with Crippen molar-refractivity contribution in [2.24, 2.45) is 0 Å². The maximum Gasteiger partial charge on any atom is 0.220 e. The summed E-state index contributed by atoms with van der Waals surface area (Å²) in [5.74, 6) is 2.56. The van der Waals surface area contributed by atoms with Crippen molar-refractivity contribution in [3.63, 3.8) is 0 Å². The van der Waals surface area contributed by atoms with E-state index in [-0.39, 0.29) is 17.4 Å². The molecule has 150 valence electrons.